The summed E-state index contributed by atoms with van der Waals surface area (Å²) in [5.41, 5.74) is 9.09. The Morgan fingerprint density at radius 2 is 2.29 bits per heavy atom. The van der Waals surface area contributed by atoms with Gasteiger partial charge in [0, 0.05) is 23.4 Å². The lowest BCUT2D eigenvalue weighted by Gasteiger charge is -2.08. The Bertz CT molecular complexity index is 533. The first kappa shape index (κ1) is 10.1. The van der Waals surface area contributed by atoms with E-state index in [0.717, 1.165) is 30.6 Å². The first-order chi connectivity index (χ1) is 8.34. The molecule has 6 heteroatoms. The second kappa shape index (κ2) is 4.04. The van der Waals surface area contributed by atoms with Gasteiger partial charge in [-0.3, -0.25) is 5.10 Å². The largest absolute Gasteiger partial charge is 0.384 e. The third-order valence-corrected chi connectivity index (χ3v) is 3.07. The van der Waals surface area contributed by atoms with E-state index in [1.165, 1.54) is 11.3 Å². The van der Waals surface area contributed by atoms with Gasteiger partial charge >= 0.3 is 0 Å². The van der Waals surface area contributed by atoms with E-state index < -0.39 is 0 Å². The minimum atomic E-state index is 0.600. The van der Waals surface area contributed by atoms with Gasteiger partial charge in [0.25, 0.3) is 0 Å². The van der Waals surface area contributed by atoms with E-state index >= 15 is 0 Å². The zero-order chi connectivity index (χ0) is 11.7. The summed E-state index contributed by atoms with van der Waals surface area (Å²) in [5.74, 6) is 1.52. The molecular formula is C11H14N6. The molecule has 0 radical (unpaired) electrons. The number of aryl methyl sites for hydroxylation is 1. The van der Waals surface area contributed by atoms with E-state index in [2.05, 4.69) is 25.5 Å². The van der Waals surface area contributed by atoms with Gasteiger partial charge < -0.3 is 11.1 Å². The number of fused-ring (bicyclic) bond motifs is 1. The molecule has 4 N–H and O–H groups in total. The van der Waals surface area contributed by atoms with Gasteiger partial charge in [0.15, 0.2) is 0 Å². The fourth-order valence-electron chi connectivity index (χ4n) is 2.15. The predicted octanol–water partition coefficient (Wildman–Crippen LogP) is 0.883. The van der Waals surface area contributed by atoms with Gasteiger partial charge in [-0.2, -0.15) is 5.10 Å². The van der Waals surface area contributed by atoms with E-state index in [0.29, 0.717) is 12.4 Å². The molecule has 0 spiro atoms. The van der Waals surface area contributed by atoms with Crippen LogP contribution in [-0.2, 0) is 19.4 Å². The maximum absolute atomic E-state index is 5.73. The van der Waals surface area contributed by atoms with Crippen molar-refractivity contribution in [3.05, 3.63) is 29.3 Å². The molecule has 17 heavy (non-hydrogen) atoms. The summed E-state index contributed by atoms with van der Waals surface area (Å²) >= 11 is 0. The number of nitrogens with one attached hydrogen (secondary N) is 2. The predicted molar refractivity (Wildman–Crippen MR) is 64.4 cm³/mol. The lowest BCUT2D eigenvalue weighted by Crippen LogP contribution is -2.06. The van der Waals surface area contributed by atoms with Crippen LogP contribution in [0.3, 0.4) is 0 Å². The molecule has 1 aliphatic rings. The molecule has 3 rings (SSSR count). The van der Waals surface area contributed by atoms with Crippen molar-refractivity contribution in [3.63, 3.8) is 0 Å². The topological polar surface area (TPSA) is 92.5 Å². The fraction of sp³-hybridized carbons (Fsp3) is 0.364. The number of nitrogens with two attached hydrogens (primary N) is 1. The molecule has 0 bridgehead atoms. The molecule has 2 aromatic rings. The van der Waals surface area contributed by atoms with Gasteiger partial charge in [0.2, 0.25) is 0 Å². The zero-order valence-corrected chi connectivity index (χ0v) is 9.40. The van der Waals surface area contributed by atoms with Gasteiger partial charge in [-0.05, 0) is 19.3 Å². The average molecular weight is 230 g/mol. The SMILES string of the molecule is Nc1[nH]ncc1CNc1ncnc2c1CCC2. The molecule has 0 fully saturated rings. The molecule has 6 nitrogen and oxygen atoms in total. The number of aromatic amines is 1. The van der Waals surface area contributed by atoms with Crippen LogP contribution in [-0.4, -0.2) is 20.2 Å². The van der Waals surface area contributed by atoms with Crippen LogP contribution in [0.5, 0.6) is 0 Å². The summed E-state index contributed by atoms with van der Waals surface area (Å²) in [6.45, 7) is 0.631. The molecule has 0 aliphatic heterocycles. The Kier molecular flexibility index (Phi) is 2.40. The number of hydrogen-bond acceptors (Lipinski definition) is 5. The van der Waals surface area contributed by atoms with Crippen molar-refractivity contribution in [1.29, 1.82) is 0 Å². The van der Waals surface area contributed by atoms with Crippen molar-refractivity contribution < 1.29 is 0 Å². The van der Waals surface area contributed by atoms with Crippen molar-refractivity contribution in [2.24, 2.45) is 0 Å². The summed E-state index contributed by atoms with van der Waals surface area (Å²) in [5, 5.41) is 9.89. The summed E-state index contributed by atoms with van der Waals surface area (Å²) in [4.78, 5) is 8.57. The highest BCUT2D eigenvalue weighted by atomic mass is 15.1. The summed E-state index contributed by atoms with van der Waals surface area (Å²) in [6, 6.07) is 0. The summed E-state index contributed by atoms with van der Waals surface area (Å²) in [7, 11) is 0. The highest BCUT2D eigenvalue weighted by molar-refractivity contribution is 5.49. The Balaban J connectivity index is 1.78. The van der Waals surface area contributed by atoms with Crippen molar-refractivity contribution in [3.8, 4) is 0 Å². The van der Waals surface area contributed by atoms with Gasteiger partial charge in [0.05, 0.1) is 6.20 Å². The van der Waals surface area contributed by atoms with Crippen LogP contribution in [0.1, 0.15) is 23.2 Å². The quantitative estimate of drug-likeness (QED) is 0.728. The van der Waals surface area contributed by atoms with Gasteiger partial charge in [-0.25, -0.2) is 9.97 Å². The van der Waals surface area contributed by atoms with Crippen LogP contribution in [0.4, 0.5) is 11.6 Å². The second-order valence-electron chi connectivity index (χ2n) is 4.16. The standard InChI is InChI=1S/C11H14N6/c12-10-7(5-16-17-10)4-13-11-8-2-1-3-9(8)14-6-15-11/h5-6H,1-4H2,(H3,12,16,17)(H,13,14,15). The van der Waals surface area contributed by atoms with Crippen LogP contribution in [0.15, 0.2) is 12.5 Å². The smallest absolute Gasteiger partial charge is 0.133 e. The van der Waals surface area contributed by atoms with Crippen LogP contribution in [0.2, 0.25) is 0 Å². The van der Waals surface area contributed by atoms with E-state index in [-0.39, 0.29) is 0 Å². The van der Waals surface area contributed by atoms with Crippen molar-refractivity contribution in [2.75, 3.05) is 11.1 Å². The van der Waals surface area contributed by atoms with Crippen LogP contribution in [0, 0.1) is 0 Å². The first-order valence-corrected chi connectivity index (χ1v) is 5.69. The average Bonchev–Trinajstić information content (AvgIpc) is 2.95. The lowest BCUT2D eigenvalue weighted by atomic mass is 10.2. The molecule has 0 aromatic carbocycles. The van der Waals surface area contributed by atoms with E-state index in [1.54, 1.807) is 12.5 Å². The molecule has 2 heterocycles. The van der Waals surface area contributed by atoms with E-state index in [4.69, 9.17) is 5.73 Å². The summed E-state index contributed by atoms with van der Waals surface area (Å²) < 4.78 is 0. The van der Waals surface area contributed by atoms with Crippen LogP contribution >= 0.6 is 0 Å². The number of aromatic nitrogens is 4. The molecule has 88 valence electrons. The zero-order valence-electron chi connectivity index (χ0n) is 9.40. The maximum Gasteiger partial charge on any atom is 0.133 e. The van der Waals surface area contributed by atoms with Gasteiger partial charge in [0.1, 0.15) is 18.0 Å². The molecule has 0 amide bonds. The third kappa shape index (κ3) is 1.82. The molecule has 0 saturated carbocycles. The molecular weight excluding hydrogens is 216 g/mol. The number of rotatable bonds is 3. The molecule has 2 aromatic heterocycles. The van der Waals surface area contributed by atoms with Crippen molar-refractivity contribution >= 4 is 11.6 Å². The first-order valence-electron chi connectivity index (χ1n) is 5.69. The highest BCUT2D eigenvalue weighted by Gasteiger charge is 2.16. The Hall–Kier alpha value is -2.11. The van der Waals surface area contributed by atoms with Gasteiger partial charge in [-0.1, -0.05) is 0 Å². The number of hydrogen-bond donors (Lipinski definition) is 3. The molecule has 1 aliphatic carbocycles. The Morgan fingerprint density at radius 3 is 3.12 bits per heavy atom. The summed E-state index contributed by atoms with van der Waals surface area (Å²) in [6.07, 6.45) is 6.62. The number of anilines is 2. The highest BCUT2D eigenvalue weighted by Crippen LogP contribution is 2.25. The normalized spacial score (nSPS) is 13.6. The molecule has 0 atom stereocenters. The third-order valence-electron chi connectivity index (χ3n) is 3.07. The van der Waals surface area contributed by atoms with Crippen LogP contribution < -0.4 is 11.1 Å². The second-order valence-corrected chi connectivity index (χ2v) is 4.16. The minimum absolute atomic E-state index is 0.600. The van der Waals surface area contributed by atoms with E-state index in [9.17, 15) is 0 Å². The van der Waals surface area contributed by atoms with Crippen molar-refractivity contribution in [1.82, 2.24) is 20.2 Å². The minimum Gasteiger partial charge on any atom is -0.384 e. The fourth-order valence-corrected chi connectivity index (χ4v) is 2.15. The monoisotopic (exact) mass is 230 g/mol. The number of nitrogen functional groups attached to an aromatic ring is 1. The van der Waals surface area contributed by atoms with Gasteiger partial charge in [-0.15, -0.1) is 0 Å². The number of H-pyrrole nitrogens is 1. The number of nitrogens with zero attached hydrogens (tertiary/aromatic N) is 3. The van der Waals surface area contributed by atoms with Crippen molar-refractivity contribution in [2.45, 2.75) is 25.8 Å². The Labute approximate surface area is 98.7 Å². The lowest BCUT2D eigenvalue weighted by molar-refractivity contribution is 0.899. The maximum atomic E-state index is 5.73. The molecule has 0 unspecified atom stereocenters. The van der Waals surface area contributed by atoms with Crippen LogP contribution in [0.25, 0.3) is 0 Å². The Morgan fingerprint density at radius 1 is 1.35 bits per heavy atom. The van der Waals surface area contributed by atoms with E-state index in [1.807, 2.05) is 0 Å². The molecule has 0 saturated heterocycles.